The molecule has 0 saturated carbocycles. The van der Waals surface area contributed by atoms with Crippen LogP contribution >= 0.6 is 0 Å². The van der Waals surface area contributed by atoms with E-state index in [1.54, 1.807) is 18.5 Å². The lowest BCUT2D eigenvalue weighted by Gasteiger charge is -1.83. The molecule has 0 aliphatic heterocycles. The molecular weight excluding hydrogens is 178 g/mol. The Kier molecular flexibility index (Phi) is 3.34. The Bertz CT molecular complexity index is 401. The Morgan fingerprint density at radius 1 is 1.29 bits per heavy atom. The minimum absolute atomic E-state index is 0.00481. The molecule has 0 unspecified atom stereocenters. The molecule has 14 heavy (non-hydrogen) atoms. The fourth-order valence-electron chi connectivity index (χ4n) is 1.04. The van der Waals surface area contributed by atoms with Gasteiger partial charge in [-0.25, -0.2) is 4.98 Å². The summed E-state index contributed by atoms with van der Waals surface area (Å²) in [5, 5.41) is 0. The molecule has 0 spiro atoms. The molecule has 0 radical (unpaired) electrons. The summed E-state index contributed by atoms with van der Waals surface area (Å²) in [6, 6.07) is 1.70. The first-order valence-corrected chi connectivity index (χ1v) is 4.58. The van der Waals surface area contributed by atoms with Crippen molar-refractivity contribution >= 4 is 16.9 Å². The maximum atomic E-state index is 10.9. The highest BCUT2D eigenvalue weighted by atomic mass is 16.1. The molecule has 2 aromatic rings. The third-order valence-corrected chi connectivity index (χ3v) is 1.64. The highest BCUT2D eigenvalue weighted by Crippen LogP contribution is 2.09. The van der Waals surface area contributed by atoms with Gasteiger partial charge in [0.15, 0.2) is 11.4 Å². The number of ketones is 1. The molecule has 2 aromatic heterocycles. The van der Waals surface area contributed by atoms with Crippen molar-refractivity contribution in [2.24, 2.45) is 0 Å². The number of fused-ring (bicyclic) bond motifs is 1. The molecular formula is C10H13N3O. The van der Waals surface area contributed by atoms with Crippen LogP contribution in [0.3, 0.4) is 0 Å². The molecule has 0 fully saturated rings. The van der Waals surface area contributed by atoms with Gasteiger partial charge in [-0.3, -0.25) is 9.78 Å². The molecule has 2 heterocycles. The zero-order valence-corrected chi connectivity index (χ0v) is 8.53. The first-order chi connectivity index (χ1) is 6.77. The Hall–Kier alpha value is -1.71. The van der Waals surface area contributed by atoms with Crippen LogP contribution in [-0.4, -0.2) is 20.7 Å². The van der Waals surface area contributed by atoms with Crippen molar-refractivity contribution in [2.45, 2.75) is 20.8 Å². The van der Waals surface area contributed by atoms with E-state index >= 15 is 0 Å². The third-order valence-electron chi connectivity index (χ3n) is 1.64. The van der Waals surface area contributed by atoms with Crippen LogP contribution in [0.25, 0.3) is 11.2 Å². The predicted octanol–water partition coefficient (Wildman–Crippen LogP) is 2.19. The monoisotopic (exact) mass is 191 g/mol. The summed E-state index contributed by atoms with van der Waals surface area (Å²) in [6.07, 6.45) is 3.18. The first kappa shape index (κ1) is 10.4. The largest absolute Gasteiger partial charge is 0.335 e. The number of Topliss-reactive ketones (excluding diaryl/α,β-unsaturated/α-hetero) is 1. The summed E-state index contributed by atoms with van der Waals surface area (Å²) in [4.78, 5) is 21.9. The summed E-state index contributed by atoms with van der Waals surface area (Å²) in [5.41, 5.74) is 1.93. The quantitative estimate of drug-likeness (QED) is 0.703. The molecule has 0 saturated heterocycles. The molecule has 2 rings (SSSR count). The normalized spacial score (nSPS) is 9.36. The lowest BCUT2D eigenvalue weighted by molar-refractivity contribution is 0.101. The Morgan fingerprint density at radius 3 is 2.50 bits per heavy atom. The summed E-state index contributed by atoms with van der Waals surface area (Å²) in [7, 11) is 0. The Balaban J connectivity index is 0.000000461. The van der Waals surface area contributed by atoms with E-state index in [2.05, 4.69) is 15.0 Å². The lowest BCUT2D eigenvalue weighted by Crippen LogP contribution is -1.90. The molecule has 0 amide bonds. The van der Waals surface area contributed by atoms with E-state index in [0.29, 0.717) is 11.3 Å². The molecule has 0 aliphatic carbocycles. The summed E-state index contributed by atoms with van der Waals surface area (Å²) in [6.45, 7) is 5.50. The van der Waals surface area contributed by atoms with Gasteiger partial charge in [0.05, 0.1) is 5.69 Å². The van der Waals surface area contributed by atoms with Crippen molar-refractivity contribution in [3.63, 3.8) is 0 Å². The number of aromatic nitrogens is 3. The van der Waals surface area contributed by atoms with Gasteiger partial charge in [-0.1, -0.05) is 13.8 Å². The molecule has 0 aromatic carbocycles. The predicted molar refractivity (Wildman–Crippen MR) is 55.2 cm³/mol. The molecule has 0 bridgehead atoms. The van der Waals surface area contributed by atoms with Crippen LogP contribution in [0.2, 0.25) is 0 Å². The lowest BCUT2D eigenvalue weighted by atomic mass is 10.3. The molecule has 4 nitrogen and oxygen atoms in total. The van der Waals surface area contributed by atoms with Gasteiger partial charge in [0.25, 0.3) is 0 Å². The van der Waals surface area contributed by atoms with Crippen molar-refractivity contribution in [1.82, 2.24) is 15.0 Å². The maximum absolute atomic E-state index is 10.9. The zero-order valence-electron chi connectivity index (χ0n) is 8.53. The van der Waals surface area contributed by atoms with Crippen molar-refractivity contribution in [3.05, 3.63) is 24.2 Å². The van der Waals surface area contributed by atoms with E-state index < -0.39 is 0 Å². The van der Waals surface area contributed by atoms with Gasteiger partial charge in [-0.2, -0.15) is 0 Å². The van der Waals surface area contributed by atoms with Gasteiger partial charge in [-0.05, 0) is 6.07 Å². The fraction of sp³-hybridized carbons (Fsp3) is 0.300. The number of hydrogen-bond acceptors (Lipinski definition) is 3. The minimum Gasteiger partial charge on any atom is -0.335 e. The van der Waals surface area contributed by atoms with Crippen LogP contribution in [0, 0.1) is 0 Å². The third kappa shape index (κ3) is 1.96. The van der Waals surface area contributed by atoms with E-state index in [9.17, 15) is 4.79 Å². The van der Waals surface area contributed by atoms with E-state index in [0.717, 1.165) is 5.52 Å². The van der Waals surface area contributed by atoms with Crippen LogP contribution in [-0.2, 0) is 0 Å². The van der Waals surface area contributed by atoms with Crippen LogP contribution in [0.5, 0.6) is 0 Å². The number of carbonyl (C=O) groups excluding carboxylic acids is 1. The summed E-state index contributed by atoms with van der Waals surface area (Å²) in [5.74, 6) is -0.00481. The van der Waals surface area contributed by atoms with Gasteiger partial charge < -0.3 is 4.98 Å². The number of nitrogens with zero attached hydrogens (tertiary/aromatic N) is 2. The number of carbonyl (C=O) groups is 1. The molecule has 4 heteroatoms. The molecule has 1 N–H and O–H groups in total. The second kappa shape index (κ2) is 4.50. The average Bonchev–Trinajstić information content (AvgIpc) is 2.64. The van der Waals surface area contributed by atoms with E-state index in [4.69, 9.17) is 0 Å². The van der Waals surface area contributed by atoms with E-state index in [1.165, 1.54) is 6.92 Å². The smallest absolute Gasteiger partial charge is 0.176 e. The number of hydrogen-bond donors (Lipinski definition) is 1. The Labute approximate surface area is 82.4 Å². The zero-order chi connectivity index (χ0) is 10.6. The summed E-state index contributed by atoms with van der Waals surface area (Å²) < 4.78 is 0. The van der Waals surface area contributed by atoms with Crippen molar-refractivity contribution in [3.8, 4) is 0 Å². The molecule has 0 aliphatic rings. The topological polar surface area (TPSA) is 58.6 Å². The van der Waals surface area contributed by atoms with Gasteiger partial charge >= 0.3 is 0 Å². The van der Waals surface area contributed by atoms with E-state index in [-0.39, 0.29) is 5.78 Å². The van der Waals surface area contributed by atoms with Crippen LogP contribution in [0.1, 0.15) is 31.3 Å². The van der Waals surface area contributed by atoms with Crippen LogP contribution in [0.15, 0.2) is 18.5 Å². The van der Waals surface area contributed by atoms with Gasteiger partial charge in [-0.15, -0.1) is 0 Å². The average molecular weight is 191 g/mol. The van der Waals surface area contributed by atoms with Crippen molar-refractivity contribution in [1.29, 1.82) is 0 Å². The highest BCUT2D eigenvalue weighted by molar-refractivity contribution is 5.96. The van der Waals surface area contributed by atoms with Crippen LogP contribution < -0.4 is 0 Å². The van der Waals surface area contributed by atoms with Crippen molar-refractivity contribution in [2.75, 3.05) is 0 Å². The minimum atomic E-state index is -0.00481. The second-order valence-electron chi connectivity index (χ2n) is 2.53. The Morgan fingerprint density at radius 2 is 1.93 bits per heavy atom. The first-order valence-electron chi connectivity index (χ1n) is 4.58. The van der Waals surface area contributed by atoms with E-state index in [1.807, 2.05) is 13.8 Å². The van der Waals surface area contributed by atoms with Gasteiger partial charge in [0.1, 0.15) is 5.52 Å². The number of nitrogens with one attached hydrogen (secondary N) is 1. The summed E-state index contributed by atoms with van der Waals surface area (Å²) >= 11 is 0. The number of rotatable bonds is 1. The fourth-order valence-corrected chi connectivity index (χ4v) is 1.04. The highest BCUT2D eigenvalue weighted by Gasteiger charge is 2.04. The van der Waals surface area contributed by atoms with Crippen LogP contribution in [0.4, 0.5) is 0 Å². The second-order valence-corrected chi connectivity index (χ2v) is 2.53. The van der Waals surface area contributed by atoms with Crippen molar-refractivity contribution < 1.29 is 4.79 Å². The maximum Gasteiger partial charge on any atom is 0.176 e. The standard InChI is InChI=1S/C8H7N3O.C2H6/c1-5(12)6-4-7-8(11-6)10-3-2-9-7;1-2/h2-4H,1H3,(H,10,11);1-2H3. The SMILES string of the molecule is CC.CC(=O)c1cc2nccnc2[nH]1. The number of aromatic amines is 1. The van der Waals surface area contributed by atoms with Gasteiger partial charge in [0.2, 0.25) is 0 Å². The van der Waals surface area contributed by atoms with Gasteiger partial charge in [0, 0.05) is 19.3 Å². The molecule has 0 atom stereocenters. The molecule has 74 valence electrons. The number of H-pyrrole nitrogens is 1.